The molecule has 3 nitrogen and oxygen atoms in total. The van der Waals surface area contributed by atoms with Crippen LogP contribution in [0.25, 0.3) is 0 Å². The van der Waals surface area contributed by atoms with Crippen molar-refractivity contribution >= 4 is 17.3 Å². The van der Waals surface area contributed by atoms with Crippen molar-refractivity contribution < 1.29 is 22.4 Å². The molecule has 0 aromatic heterocycles. The number of rotatable bonds is 4. The molecule has 116 valence electrons. The molecule has 0 aliphatic carbocycles. The molecule has 1 amide bonds. The summed E-state index contributed by atoms with van der Waals surface area (Å²) in [5, 5.41) is 1.81. The molecule has 0 bridgehead atoms. The van der Waals surface area contributed by atoms with E-state index in [4.69, 9.17) is 0 Å². The lowest BCUT2D eigenvalue weighted by molar-refractivity contribution is -0.163. The van der Waals surface area contributed by atoms with E-state index in [0.717, 1.165) is 31.6 Å². The van der Waals surface area contributed by atoms with E-state index in [1.54, 1.807) is 17.4 Å². The number of alkyl halides is 4. The van der Waals surface area contributed by atoms with Gasteiger partial charge in [-0.1, -0.05) is 0 Å². The zero-order chi connectivity index (χ0) is 15.5. The maximum atomic E-state index is 12.8. The zero-order valence-electron chi connectivity index (χ0n) is 11.3. The largest absolute Gasteiger partial charge is 0.383 e. The molecular weight excluding hydrogens is 288 g/mol. The number of carbonyl (C=O) groups is 1. The first-order chi connectivity index (χ1) is 9.91. The molecule has 0 saturated carbocycles. The molecule has 1 heterocycles. The SMILES string of the molecule is O=C(Nc1ccc(N2CCCCC2)cc1)C(F)(F)C(F)F. The number of nitrogens with one attached hydrogen (secondary N) is 1. The van der Waals surface area contributed by atoms with Crippen molar-refractivity contribution in [2.75, 3.05) is 23.3 Å². The minimum atomic E-state index is -4.69. The lowest BCUT2D eigenvalue weighted by Gasteiger charge is -2.28. The van der Waals surface area contributed by atoms with E-state index in [0.29, 0.717) is 0 Å². The van der Waals surface area contributed by atoms with Crippen molar-refractivity contribution in [3.8, 4) is 0 Å². The Morgan fingerprint density at radius 3 is 2.19 bits per heavy atom. The van der Waals surface area contributed by atoms with Gasteiger partial charge in [0.15, 0.2) is 0 Å². The predicted octanol–water partition coefficient (Wildman–Crippen LogP) is 3.52. The molecule has 1 aromatic rings. The lowest BCUT2D eigenvalue weighted by Crippen LogP contribution is -2.40. The van der Waals surface area contributed by atoms with Gasteiger partial charge < -0.3 is 10.2 Å². The van der Waals surface area contributed by atoms with Crippen molar-refractivity contribution in [3.63, 3.8) is 0 Å². The van der Waals surface area contributed by atoms with Gasteiger partial charge in [0, 0.05) is 24.5 Å². The molecule has 0 spiro atoms. The van der Waals surface area contributed by atoms with Crippen molar-refractivity contribution in [1.29, 1.82) is 0 Å². The minimum absolute atomic E-state index is 0.0704. The summed E-state index contributed by atoms with van der Waals surface area (Å²) in [5.41, 5.74) is 0.995. The van der Waals surface area contributed by atoms with Gasteiger partial charge in [-0.05, 0) is 43.5 Å². The van der Waals surface area contributed by atoms with E-state index in [-0.39, 0.29) is 5.69 Å². The molecular formula is C14H16F4N2O. The fraction of sp³-hybridized carbons (Fsp3) is 0.500. The van der Waals surface area contributed by atoms with Crippen LogP contribution in [0.5, 0.6) is 0 Å². The number of piperidine rings is 1. The molecule has 1 saturated heterocycles. The van der Waals surface area contributed by atoms with Gasteiger partial charge in [0.05, 0.1) is 0 Å². The molecule has 1 N–H and O–H groups in total. The van der Waals surface area contributed by atoms with Gasteiger partial charge in [0.2, 0.25) is 0 Å². The van der Waals surface area contributed by atoms with Crippen molar-refractivity contribution in [2.45, 2.75) is 31.6 Å². The molecule has 1 aliphatic heterocycles. The summed E-state index contributed by atoms with van der Waals surface area (Å²) in [6.45, 7) is 1.85. The average molecular weight is 304 g/mol. The summed E-state index contributed by atoms with van der Waals surface area (Å²) >= 11 is 0. The van der Waals surface area contributed by atoms with Gasteiger partial charge in [0.1, 0.15) is 0 Å². The third-order valence-corrected chi connectivity index (χ3v) is 3.42. The molecule has 0 radical (unpaired) electrons. The monoisotopic (exact) mass is 304 g/mol. The Kier molecular flexibility index (Phi) is 4.69. The van der Waals surface area contributed by atoms with Gasteiger partial charge in [-0.25, -0.2) is 8.78 Å². The Balaban J connectivity index is 2.00. The summed E-state index contributed by atoms with van der Waals surface area (Å²) < 4.78 is 49.8. The molecule has 1 aromatic carbocycles. The molecule has 1 aliphatic rings. The van der Waals surface area contributed by atoms with E-state index in [2.05, 4.69) is 4.90 Å². The second-order valence-corrected chi connectivity index (χ2v) is 4.97. The smallest absolute Gasteiger partial charge is 0.372 e. The van der Waals surface area contributed by atoms with Crippen LogP contribution in [0.2, 0.25) is 0 Å². The number of hydrogen-bond acceptors (Lipinski definition) is 2. The number of benzene rings is 1. The Hall–Kier alpha value is -1.79. The normalized spacial score (nSPS) is 16.1. The highest BCUT2D eigenvalue weighted by Gasteiger charge is 2.48. The van der Waals surface area contributed by atoms with Crippen LogP contribution in [0.1, 0.15) is 19.3 Å². The van der Waals surface area contributed by atoms with Crippen molar-refractivity contribution in [2.24, 2.45) is 0 Å². The number of halogens is 4. The van der Waals surface area contributed by atoms with Crippen LogP contribution in [0.3, 0.4) is 0 Å². The second-order valence-electron chi connectivity index (χ2n) is 4.97. The Bertz CT molecular complexity index is 484. The Morgan fingerprint density at radius 1 is 1.10 bits per heavy atom. The van der Waals surface area contributed by atoms with Crippen LogP contribution in [0.15, 0.2) is 24.3 Å². The molecule has 0 atom stereocenters. The third-order valence-electron chi connectivity index (χ3n) is 3.42. The van der Waals surface area contributed by atoms with Crippen molar-refractivity contribution in [1.82, 2.24) is 0 Å². The van der Waals surface area contributed by atoms with Crippen LogP contribution < -0.4 is 10.2 Å². The highest BCUT2D eigenvalue weighted by Crippen LogP contribution is 2.26. The van der Waals surface area contributed by atoms with Gasteiger partial charge in [-0.15, -0.1) is 0 Å². The first-order valence-electron chi connectivity index (χ1n) is 6.73. The topological polar surface area (TPSA) is 32.3 Å². The lowest BCUT2D eigenvalue weighted by atomic mass is 10.1. The van der Waals surface area contributed by atoms with E-state index in [1.165, 1.54) is 18.6 Å². The summed E-state index contributed by atoms with van der Waals surface area (Å²) in [5.74, 6) is -6.69. The highest BCUT2D eigenvalue weighted by atomic mass is 19.3. The van der Waals surface area contributed by atoms with Crippen LogP contribution in [-0.4, -0.2) is 31.3 Å². The van der Waals surface area contributed by atoms with Gasteiger partial charge in [-0.3, -0.25) is 4.79 Å². The summed E-state index contributed by atoms with van der Waals surface area (Å²) in [7, 11) is 0. The van der Waals surface area contributed by atoms with Crippen LogP contribution in [0.4, 0.5) is 28.9 Å². The quantitative estimate of drug-likeness (QED) is 0.863. The molecule has 0 unspecified atom stereocenters. The predicted molar refractivity (Wildman–Crippen MR) is 72.1 cm³/mol. The maximum absolute atomic E-state index is 12.8. The molecule has 21 heavy (non-hydrogen) atoms. The second kappa shape index (κ2) is 6.32. The van der Waals surface area contributed by atoms with Gasteiger partial charge in [0.25, 0.3) is 0 Å². The zero-order valence-corrected chi connectivity index (χ0v) is 11.3. The van der Waals surface area contributed by atoms with Gasteiger partial charge >= 0.3 is 18.3 Å². The fourth-order valence-electron chi connectivity index (χ4n) is 2.22. The summed E-state index contributed by atoms with van der Waals surface area (Å²) in [6, 6.07) is 6.23. The fourth-order valence-corrected chi connectivity index (χ4v) is 2.22. The first-order valence-corrected chi connectivity index (χ1v) is 6.73. The number of hydrogen-bond donors (Lipinski definition) is 1. The van der Waals surface area contributed by atoms with Crippen LogP contribution in [-0.2, 0) is 4.79 Å². The number of nitrogens with zero attached hydrogens (tertiary/aromatic N) is 1. The Morgan fingerprint density at radius 2 is 1.67 bits per heavy atom. The first kappa shape index (κ1) is 15.6. The van der Waals surface area contributed by atoms with E-state index < -0.39 is 18.3 Å². The summed E-state index contributed by atoms with van der Waals surface area (Å²) in [4.78, 5) is 13.3. The standard InChI is InChI=1S/C14H16F4N2O/c15-12(16)14(17,18)13(21)19-10-4-6-11(7-5-10)20-8-2-1-3-9-20/h4-7,12H,1-3,8-9H2,(H,19,21). The van der Waals surface area contributed by atoms with Crippen LogP contribution >= 0.6 is 0 Å². The average Bonchev–Trinajstić information content (AvgIpc) is 2.48. The van der Waals surface area contributed by atoms with E-state index >= 15 is 0 Å². The van der Waals surface area contributed by atoms with Gasteiger partial charge in [-0.2, -0.15) is 8.78 Å². The number of carbonyl (C=O) groups excluding carboxylic acids is 1. The van der Waals surface area contributed by atoms with Crippen LogP contribution in [0, 0.1) is 0 Å². The van der Waals surface area contributed by atoms with E-state index in [9.17, 15) is 22.4 Å². The number of amides is 1. The molecule has 2 rings (SSSR count). The number of anilines is 2. The van der Waals surface area contributed by atoms with Crippen molar-refractivity contribution in [3.05, 3.63) is 24.3 Å². The minimum Gasteiger partial charge on any atom is -0.372 e. The molecule has 7 heteroatoms. The highest BCUT2D eigenvalue weighted by molar-refractivity contribution is 5.96. The molecule has 1 fully saturated rings. The Labute approximate surface area is 119 Å². The summed E-state index contributed by atoms with van der Waals surface area (Å²) in [6.07, 6.45) is -0.643. The maximum Gasteiger partial charge on any atom is 0.383 e. The third kappa shape index (κ3) is 3.65. The van der Waals surface area contributed by atoms with E-state index in [1.807, 2.05) is 0 Å².